The Labute approximate surface area is 162 Å². The molecular weight excluding hydrogens is 364 g/mol. The van der Waals surface area contributed by atoms with Crippen LogP contribution in [0.3, 0.4) is 0 Å². The molecule has 1 saturated carbocycles. The van der Waals surface area contributed by atoms with Gasteiger partial charge >= 0.3 is 0 Å². The van der Waals surface area contributed by atoms with Gasteiger partial charge in [0.1, 0.15) is 11.5 Å². The zero-order chi connectivity index (χ0) is 19.6. The van der Waals surface area contributed by atoms with E-state index in [0.29, 0.717) is 21.4 Å². The standard InChI is InChI=1S/C20H24N2O4S/c1-11-9-17(22-19(23)13-5-6-13)27-18(11)20(24)21-12(2)15-10-14(25-3)7-8-16(15)26-4/h7-10,12-13H,5-6H2,1-4H3,(H,21,24)(H,22,23)/t12-/m0/s1. The number of carbonyl (C=O) groups excluding carboxylic acids is 2. The average molecular weight is 388 g/mol. The molecule has 2 N–H and O–H groups in total. The molecule has 1 aromatic carbocycles. The molecule has 1 aliphatic carbocycles. The predicted molar refractivity (Wildman–Crippen MR) is 106 cm³/mol. The van der Waals surface area contributed by atoms with Gasteiger partial charge in [-0.15, -0.1) is 11.3 Å². The summed E-state index contributed by atoms with van der Waals surface area (Å²) in [4.78, 5) is 25.3. The number of ether oxygens (including phenoxy) is 2. The molecule has 0 bridgehead atoms. The first kappa shape index (κ1) is 19.2. The molecule has 0 spiro atoms. The van der Waals surface area contributed by atoms with Crippen LogP contribution >= 0.6 is 11.3 Å². The van der Waals surface area contributed by atoms with Crippen LogP contribution in [0.2, 0.25) is 0 Å². The molecule has 0 saturated heterocycles. The van der Waals surface area contributed by atoms with Gasteiger partial charge in [-0.3, -0.25) is 9.59 Å². The van der Waals surface area contributed by atoms with Gasteiger partial charge in [0.05, 0.1) is 30.1 Å². The minimum absolute atomic E-state index is 0.0395. The van der Waals surface area contributed by atoms with Crippen LogP contribution in [0.1, 0.15) is 46.6 Å². The highest BCUT2D eigenvalue weighted by Gasteiger charge is 2.30. The summed E-state index contributed by atoms with van der Waals surface area (Å²) in [5.74, 6) is 1.37. The molecule has 6 nitrogen and oxygen atoms in total. The summed E-state index contributed by atoms with van der Waals surface area (Å²) in [6.07, 6.45) is 1.90. The molecule has 7 heteroatoms. The molecule has 1 heterocycles. The fourth-order valence-electron chi connectivity index (χ4n) is 2.86. The van der Waals surface area contributed by atoms with Crippen molar-refractivity contribution in [2.45, 2.75) is 32.7 Å². The van der Waals surface area contributed by atoms with Crippen LogP contribution in [0, 0.1) is 12.8 Å². The van der Waals surface area contributed by atoms with E-state index in [1.54, 1.807) is 14.2 Å². The minimum Gasteiger partial charge on any atom is -0.497 e. The first-order chi connectivity index (χ1) is 12.9. The van der Waals surface area contributed by atoms with E-state index in [-0.39, 0.29) is 23.8 Å². The first-order valence-electron chi connectivity index (χ1n) is 8.87. The normalized spacial score (nSPS) is 14.4. The van der Waals surface area contributed by atoms with Gasteiger partial charge in [0.15, 0.2) is 0 Å². The van der Waals surface area contributed by atoms with Gasteiger partial charge in [-0.1, -0.05) is 0 Å². The number of anilines is 1. The van der Waals surface area contributed by atoms with Gasteiger partial charge < -0.3 is 20.1 Å². The quantitative estimate of drug-likeness (QED) is 0.754. The SMILES string of the molecule is COc1ccc(OC)c([C@H](C)NC(=O)c2sc(NC(=O)C3CC3)cc2C)c1. The highest BCUT2D eigenvalue weighted by atomic mass is 32.1. The summed E-state index contributed by atoms with van der Waals surface area (Å²) in [7, 11) is 3.19. The molecule has 0 radical (unpaired) electrons. The van der Waals surface area contributed by atoms with Crippen LogP contribution in [0.4, 0.5) is 5.00 Å². The second-order valence-corrected chi connectivity index (χ2v) is 7.74. The van der Waals surface area contributed by atoms with Gasteiger partial charge in [-0.05, 0) is 56.5 Å². The smallest absolute Gasteiger partial charge is 0.262 e. The van der Waals surface area contributed by atoms with Crippen LogP contribution < -0.4 is 20.1 Å². The summed E-state index contributed by atoms with van der Waals surface area (Å²) in [5, 5.41) is 6.62. The third-order valence-electron chi connectivity index (χ3n) is 4.57. The molecule has 1 aromatic heterocycles. The maximum absolute atomic E-state index is 12.8. The van der Waals surface area contributed by atoms with Crippen molar-refractivity contribution in [1.82, 2.24) is 5.32 Å². The molecule has 1 atom stereocenters. The van der Waals surface area contributed by atoms with Gasteiger partial charge in [-0.25, -0.2) is 0 Å². The molecule has 2 aromatic rings. The maximum atomic E-state index is 12.8. The lowest BCUT2D eigenvalue weighted by molar-refractivity contribution is -0.117. The Hall–Kier alpha value is -2.54. The van der Waals surface area contributed by atoms with Crippen molar-refractivity contribution in [3.63, 3.8) is 0 Å². The number of benzene rings is 1. The van der Waals surface area contributed by atoms with Crippen LogP contribution in [0.25, 0.3) is 0 Å². The Morgan fingerprint density at radius 2 is 1.93 bits per heavy atom. The van der Waals surface area contributed by atoms with Gasteiger partial charge in [0, 0.05) is 11.5 Å². The molecule has 2 amide bonds. The molecule has 1 aliphatic rings. The average Bonchev–Trinajstić information content (AvgIpc) is 3.44. The van der Waals surface area contributed by atoms with Crippen LogP contribution in [-0.4, -0.2) is 26.0 Å². The number of hydrogen-bond acceptors (Lipinski definition) is 5. The number of rotatable bonds is 7. The summed E-state index contributed by atoms with van der Waals surface area (Å²) in [5.41, 5.74) is 1.68. The summed E-state index contributed by atoms with van der Waals surface area (Å²) < 4.78 is 10.7. The van der Waals surface area contributed by atoms with Crippen molar-refractivity contribution in [3.8, 4) is 11.5 Å². The molecule has 1 fully saturated rings. The second-order valence-electron chi connectivity index (χ2n) is 6.69. The molecule has 0 aliphatic heterocycles. The molecule has 144 valence electrons. The predicted octanol–water partition coefficient (Wildman–Crippen LogP) is 3.91. The number of carbonyl (C=O) groups is 2. The van der Waals surface area contributed by atoms with Gasteiger partial charge in [0.2, 0.25) is 5.91 Å². The number of hydrogen-bond donors (Lipinski definition) is 2. The molecular formula is C20H24N2O4S. The lowest BCUT2D eigenvalue weighted by atomic mass is 10.1. The number of thiophene rings is 1. The monoisotopic (exact) mass is 388 g/mol. The number of aryl methyl sites for hydroxylation is 1. The first-order valence-corrected chi connectivity index (χ1v) is 9.68. The lowest BCUT2D eigenvalue weighted by Crippen LogP contribution is -2.26. The molecule has 0 unspecified atom stereocenters. The summed E-state index contributed by atoms with van der Waals surface area (Å²) in [6, 6.07) is 7.06. The van der Waals surface area contributed by atoms with E-state index in [9.17, 15) is 9.59 Å². The molecule has 27 heavy (non-hydrogen) atoms. The maximum Gasteiger partial charge on any atom is 0.262 e. The lowest BCUT2D eigenvalue weighted by Gasteiger charge is -2.18. The van der Waals surface area contributed by atoms with E-state index in [1.165, 1.54) is 11.3 Å². The van der Waals surface area contributed by atoms with Gasteiger partial charge in [0.25, 0.3) is 5.91 Å². The number of methoxy groups -OCH3 is 2. The minimum atomic E-state index is -0.270. The third-order valence-corrected chi connectivity index (χ3v) is 5.72. The zero-order valence-corrected chi connectivity index (χ0v) is 16.7. The fraction of sp³-hybridized carbons (Fsp3) is 0.400. The van der Waals surface area contributed by atoms with Crippen molar-refractivity contribution in [2.75, 3.05) is 19.5 Å². The van der Waals surface area contributed by atoms with Crippen molar-refractivity contribution in [2.24, 2.45) is 5.92 Å². The topological polar surface area (TPSA) is 76.7 Å². The highest BCUT2D eigenvalue weighted by Crippen LogP contribution is 2.33. The van der Waals surface area contributed by atoms with Crippen molar-refractivity contribution >= 4 is 28.2 Å². The Morgan fingerprint density at radius 1 is 1.19 bits per heavy atom. The fourth-order valence-corrected chi connectivity index (χ4v) is 3.83. The third kappa shape index (κ3) is 4.42. The van der Waals surface area contributed by atoms with E-state index in [4.69, 9.17) is 9.47 Å². The van der Waals surface area contributed by atoms with E-state index in [0.717, 1.165) is 24.0 Å². The Balaban J connectivity index is 1.73. The second kappa shape index (κ2) is 8.00. The highest BCUT2D eigenvalue weighted by molar-refractivity contribution is 7.18. The summed E-state index contributed by atoms with van der Waals surface area (Å²) in [6.45, 7) is 3.77. The van der Waals surface area contributed by atoms with Crippen molar-refractivity contribution in [3.05, 3.63) is 40.3 Å². The van der Waals surface area contributed by atoms with Crippen LogP contribution in [-0.2, 0) is 4.79 Å². The van der Waals surface area contributed by atoms with Gasteiger partial charge in [-0.2, -0.15) is 0 Å². The molecule has 3 rings (SSSR count). The largest absolute Gasteiger partial charge is 0.497 e. The van der Waals surface area contributed by atoms with Crippen molar-refractivity contribution in [1.29, 1.82) is 0 Å². The number of nitrogens with one attached hydrogen (secondary N) is 2. The van der Waals surface area contributed by atoms with E-state index >= 15 is 0 Å². The van der Waals surface area contributed by atoms with Crippen LogP contribution in [0.5, 0.6) is 11.5 Å². The zero-order valence-electron chi connectivity index (χ0n) is 15.9. The Bertz CT molecular complexity index is 858. The van der Waals surface area contributed by atoms with Crippen molar-refractivity contribution < 1.29 is 19.1 Å². The van der Waals surface area contributed by atoms with E-state index in [1.807, 2.05) is 38.1 Å². The summed E-state index contributed by atoms with van der Waals surface area (Å²) >= 11 is 1.30. The van der Waals surface area contributed by atoms with E-state index in [2.05, 4.69) is 10.6 Å². The Kier molecular flexibility index (Phi) is 5.70. The van der Waals surface area contributed by atoms with Crippen LogP contribution in [0.15, 0.2) is 24.3 Å². The number of amides is 2. The van der Waals surface area contributed by atoms with E-state index < -0.39 is 0 Å². The Morgan fingerprint density at radius 3 is 2.56 bits per heavy atom.